The molecule has 0 saturated heterocycles. The van der Waals surface area contributed by atoms with E-state index in [1.165, 1.54) is 6.07 Å². The second kappa shape index (κ2) is 6.73. The number of aliphatic hydroxyl groups is 1. The highest BCUT2D eigenvalue weighted by Crippen LogP contribution is 2.38. The minimum Gasteiger partial charge on any atom is -0.396 e. The van der Waals surface area contributed by atoms with E-state index in [1.54, 1.807) is 17.8 Å². The fourth-order valence-electron chi connectivity index (χ4n) is 2.57. The van der Waals surface area contributed by atoms with Gasteiger partial charge in [0.15, 0.2) is 0 Å². The van der Waals surface area contributed by atoms with Crippen LogP contribution in [0.3, 0.4) is 0 Å². The summed E-state index contributed by atoms with van der Waals surface area (Å²) in [5.74, 6) is 1.28. The number of hydrogen-bond donors (Lipinski definition) is 2. The maximum atomic E-state index is 13.8. The summed E-state index contributed by atoms with van der Waals surface area (Å²) in [7, 11) is 0. The number of nitrogens with one attached hydrogen (secondary N) is 1. The van der Waals surface area contributed by atoms with Crippen LogP contribution < -0.4 is 5.32 Å². The van der Waals surface area contributed by atoms with Crippen LogP contribution in [0.5, 0.6) is 0 Å². The predicted octanol–water partition coefficient (Wildman–Crippen LogP) is 3.36. The average molecular weight is 283 g/mol. The molecule has 2 atom stereocenters. The lowest BCUT2D eigenvalue weighted by atomic mass is 9.96. The number of benzene rings is 1. The van der Waals surface area contributed by atoms with Crippen molar-refractivity contribution < 1.29 is 9.50 Å². The first-order chi connectivity index (χ1) is 9.13. The number of hydrogen-bond acceptors (Lipinski definition) is 3. The normalized spacial score (nSPS) is 20.4. The topological polar surface area (TPSA) is 32.3 Å². The van der Waals surface area contributed by atoms with Gasteiger partial charge in [0.2, 0.25) is 0 Å². The minimum atomic E-state index is -0.114. The lowest BCUT2D eigenvalue weighted by Crippen LogP contribution is -2.38. The molecule has 2 rings (SSSR count). The van der Waals surface area contributed by atoms with Gasteiger partial charge in [-0.3, -0.25) is 0 Å². The van der Waals surface area contributed by atoms with E-state index in [0.717, 1.165) is 29.1 Å². The van der Waals surface area contributed by atoms with Gasteiger partial charge in [-0.2, -0.15) is 0 Å². The van der Waals surface area contributed by atoms with Crippen molar-refractivity contribution in [1.82, 2.24) is 5.32 Å². The van der Waals surface area contributed by atoms with Crippen molar-refractivity contribution in [3.8, 4) is 0 Å². The highest BCUT2D eigenvalue weighted by molar-refractivity contribution is 7.99. The van der Waals surface area contributed by atoms with Crippen molar-refractivity contribution >= 4 is 11.8 Å². The van der Waals surface area contributed by atoms with Crippen molar-refractivity contribution in [2.75, 3.05) is 12.4 Å². The van der Waals surface area contributed by atoms with Gasteiger partial charge in [-0.15, -0.1) is 11.8 Å². The van der Waals surface area contributed by atoms with Crippen LogP contribution in [0.1, 0.15) is 38.3 Å². The van der Waals surface area contributed by atoms with Crippen molar-refractivity contribution in [1.29, 1.82) is 0 Å². The Bertz CT molecular complexity index is 425. The van der Waals surface area contributed by atoms with Gasteiger partial charge < -0.3 is 10.4 Å². The number of rotatable bonds is 5. The van der Waals surface area contributed by atoms with Gasteiger partial charge in [0.25, 0.3) is 0 Å². The van der Waals surface area contributed by atoms with Crippen LogP contribution in [-0.2, 0) is 0 Å². The van der Waals surface area contributed by atoms with Gasteiger partial charge in [-0.1, -0.05) is 26.0 Å². The first kappa shape index (κ1) is 14.8. The van der Waals surface area contributed by atoms with Crippen molar-refractivity contribution in [3.05, 3.63) is 29.6 Å². The molecule has 1 aliphatic rings. The summed E-state index contributed by atoms with van der Waals surface area (Å²) < 4.78 is 13.8. The maximum Gasteiger partial charge on any atom is 0.137 e. The predicted molar refractivity (Wildman–Crippen MR) is 77.9 cm³/mol. The Morgan fingerprint density at radius 2 is 2.26 bits per heavy atom. The maximum absolute atomic E-state index is 13.8. The van der Waals surface area contributed by atoms with Crippen LogP contribution in [0.4, 0.5) is 4.39 Å². The van der Waals surface area contributed by atoms with E-state index in [1.807, 2.05) is 6.07 Å². The van der Waals surface area contributed by atoms with Gasteiger partial charge >= 0.3 is 0 Å². The molecule has 0 bridgehead atoms. The molecule has 1 aromatic carbocycles. The molecule has 0 radical (unpaired) electrons. The Morgan fingerprint density at radius 3 is 2.95 bits per heavy atom. The average Bonchev–Trinajstić information content (AvgIpc) is 2.39. The van der Waals surface area contributed by atoms with E-state index in [9.17, 15) is 4.39 Å². The molecule has 19 heavy (non-hydrogen) atoms. The summed E-state index contributed by atoms with van der Waals surface area (Å²) in [6.07, 6.45) is 1.75. The molecule has 0 spiro atoms. The SMILES string of the molecule is CC(C)C(CCO)NC1CCSc2c(F)cccc21. The molecule has 0 amide bonds. The van der Waals surface area contributed by atoms with E-state index in [0.29, 0.717) is 5.92 Å². The van der Waals surface area contributed by atoms with Gasteiger partial charge in [-0.25, -0.2) is 4.39 Å². The van der Waals surface area contributed by atoms with E-state index in [2.05, 4.69) is 19.2 Å². The molecular formula is C15H22FNOS. The lowest BCUT2D eigenvalue weighted by molar-refractivity contribution is 0.233. The van der Waals surface area contributed by atoms with Crippen molar-refractivity contribution in [2.45, 2.75) is 43.7 Å². The fourth-order valence-corrected chi connectivity index (χ4v) is 3.71. The Labute approximate surface area is 118 Å². The molecule has 4 heteroatoms. The highest BCUT2D eigenvalue weighted by Gasteiger charge is 2.25. The zero-order valence-electron chi connectivity index (χ0n) is 11.5. The smallest absolute Gasteiger partial charge is 0.137 e. The first-order valence-corrected chi connectivity index (χ1v) is 7.90. The molecule has 0 saturated carbocycles. The molecule has 2 N–H and O–H groups in total. The molecule has 2 unspecified atom stereocenters. The van der Waals surface area contributed by atoms with Crippen molar-refractivity contribution in [3.63, 3.8) is 0 Å². The number of halogens is 1. The number of thioether (sulfide) groups is 1. The van der Waals surface area contributed by atoms with Gasteiger partial charge in [0, 0.05) is 23.6 Å². The first-order valence-electron chi connectivity index (χ1n) is 6.91. The quantitative estimate of drug-likeness (QED) is 0.869. The van der Waals surface area contributed by atoms with Gasteiger partial charge in [0.05, 0.1) is 0 Å². The Hall–Kier alpha value is -0.580. The van der Waals surface area contributed by atoms with Crippen LogP contribution >= 0.6 is 11.8 Å². The standard InChI is InChI=1S/C15H22FNOS/c1-10(2)13(6-8-18)17-14-7-9-19-15-11(14)4-3-5-12(15)16/h3-5,10,13-14,17-18H,6-9H2,1-2H3. The molecule has 0 fully saturated rings. The second-order valence-electron chi connectivity index (χ2n) is 5.38. The molecule has 1 aliphatic heterocycles. The highest BCUT2D eigenvalue weighted by atomic mass is 32.2. The summed E-state index contributed by atoms with van der Waals surface area (Å²) in [5.41, 5.74) is 1.07. The molecular weight excluding hydrogens is 261 g/mol. The van der Waals surface area contributed by atoms with Crippen LogP contribution in [0.15, 0.2) is 23.1 Å². The van der Waals surface area contributed by atoms with Crippen molar-refractivity contribution in [2.24, 2.45) is 5.92 Å². The zero-order valence-corrected chi connectivity index (χ0v) is 12.3. The Kier molecular flexibility index (Phi) is 5.25. The third-order valence-corrected chi connectivity index (χ3v) is 4.85. The van der Waals surface area contributed by atoms with Crippen LogP contribution in [-0.4, -0.2) is 23.5 Å². The van der Waals surface area contributed by atoms with E-state index >= 15 is 0 Å². The van der Waals surface area contributed by atoms with Crippen LogP contribution in [0.25, 0.3) is 0 Å². The molecule has 1 heterocycles. The number of fused-ring (bicyclic) bond motifs is 1. The largest absolute Gasteiger partial charge is 0.396 e. The molecule has 2 nitrogen and oxygen atoms in total. The monoisotopic (exact) mass is 283 g/mol. The van der Waals surface area contributed by atoms with Gasteiger partial charge in [0.1, 0.15) is 5.82 Å². The summed E-state index contributed by atoms with van der Waals surface area (Å²) in [5, 5.41) is 12.8. The fraction of sp³-hybridized carbons (Fsp3) is 0.600. The molecule has 0 aromatic heterocycles. The summed E-state index contributed by atoms with van der Waals surface area (Å²) in [6.45, 7) is 4.49. The van der Waals surface area contributed by atoms with E-state index in [-0.39, 0.29) is 24.5 Å². The summed E-state index contributed by atoms with van der Waals surface area (Å²) in [6, 6.07) is 5.80. The number of aliphatic hydroxyl groups excluding tert-OH is 1. The zero-order chi connectivity index (χ0) is 13.8. The van der Waals surface area contributed by atoms with E-state index in [4.69, 9.17) is 5.11 Å². The summed E-state index contributed by atoms with van der Waals surface area (Å²) in [4.78, 5) is 0.790. The van der Waals surface area contributed by atoms with Crippen LogP contribution in [0.2, 0.25) is 0 Å². The lowest BCUT2D eigenvalue weighted by Gasteiger charge is -2.32. The van der Waals surface area contributed by atoms with E-state index < -0.39 is 0 Å². The van der Waals surface area contributed by atoms with Gasteiger partial charge in [-0.05, 0) is 36.1 Å². The Morgan fingerprint density at radius 1 is 1.47 bits per heavy atom. The van der Waals surface area contributed by atoms with Crippen LogP contribution in [0, 0.1) is 11.7 Å². The molecule has 106 valence electrons. The summed E-state index contributed by atoms with van der Waals surface area (Å²) >= 11 is 1.60. The minimum absolute atomic E-state index is 0.114. The molecule has 1 aromatic rings. The molecule has 0 aliphatic carbocycles. The second-order valence-corrected chi connectivity index (χ2v) is 6.48. The third kappa shape index (κ3) is 3.50. The third-order valence-electron chi connectivity index (χ3n) is 3.69. The Balaban J connectivity index is 2.17.